The Morgan fingerprint density at radius 2 is 1.72 bits per heavy atom. The number of halogens is 3. The number of ether oxygens (including phenoxy) is 1. The number of benzene rings is 2. The van der Waals surface area contributed by atoms with Gasteiger partial charge in [0.05, 0.1) is 24.5 Å². The van der Waals surface area contributed by atoms with Crippen molar-refractivity contribution in [2.75, 3.05) is 55.3 Å². The average Bonchev–Trinajstić information content (AvgIpc) is 3.71. The van der Waals surface area contributed by atoms with E-state index in [0.717, 1.165) is 44.5 Å². The zero-order valence-electron chi connectivity index (χ0n) is 25.8. The predicted octanol–water partition coefficient (Wildman–Crippen LogP) is 5.22. The Balaban J connectivity index is 1.16. The standard InChI is InChI=1S/C32H33F3N10O2/c1-21-3-4-23(30(46)41-24-5-6-27(25(18-24)32(33,34)35)44-11-8-36-22(44)2)17-26(21)42-31-38-9-12-45(31)29-19-28(39-20-40-29)37-7-10-43-13-15-47-16-14-43/h3-6,8-9,11-12,17-20H,7,10,13-16H2,1-2H3,(H,38,42)(H,41,46)(H,37,39,40). The minimum atomic E-state index is -4.65. The summed E-state index contributed by atoms with van der Waals surface area (Å²) < 4.78 is 50.5. The van der Waals surface area contributed by atoms with Gasteiger partial charge in [-0.1, -0.05) is 6.07 Å². The van der Waals surface area contributed by atoms with Crippen molar-refractivity contribution in [2.45, 2.75) is 20.0 Å². The molecule has 1 amide bonds. The lowest BCUT2D eigenvalue weighted by atomic mass is 10.1. The summed E-state index contributed by atoms with van der Waals surface area (Å²) in [4.78, 5) is 32.7. The number of carbonyl (C=O) groups is 1. The molecule has 0 aliphatic carbocycles. The molecule has 0 radical (unpaired) electrons. The Bertz CT molecular complexity index is 1860. The number of hydrogen-bond acceptors (Lipinski definition) is 9. The second kappa shape index (κ2) is 13.6. The maximum absolute atomic E-state index is 14.0. The Morgan fingerprint density at radius 1 is 0.936 bits per heavy atom. The maximum Gasteiger partial charge on any atom is 0.418 e. The van der Waals surface area contributed by atoms with Crippen LogP contribution < -0.4 is 16.0 Å². The first-order valence-corrected chi connectivity index (χ1v) is 15.0. The van der Waals surface area contributed by atoms with Gasteiger partial charge in [0.1, 0.15) is 23.8 Å². The highest BCUT2D eigenvalue weighted by molar-refractivity contribution is 6.05. The van der Waals surface area contributed by atoms with Crippen molar-refractivity contribution in [3.05, 3.63) is 96.1 Å². The molecule has 0 spiro atoms. The summed E-state index contributed by atoms with van der Waals surface area (Å²) in [5, 5.41) is 9.19. The zero-order valence-corrected chi connectivity index (χ0v) is 25.8. The zero-order chi connectivity index (χ0) is 33.0. The summed E-state index contributed by atoms with van der Waals surface area (Å²) in [5.74, 6) is 1.53. The molecule has 47 heavy (non-hydrogen) atoms. The molecule has 12 nitrogen and oxygen atoms in total. The second-order valence-corrected chi connectivity index (χ2v) is 10.9. The normalized spacial score (nSPS) is 13.8. The van der Waals surface area contributed by atoms with E-state index in [-0.39, 0.29) is 16.9 Å². The molecule has 5 aromatic rings. The van der Waals surface area contributed by atoms with Gasteiger partial charge >= 0.3 is 6.18 Å². The lowest BCUT2D eigenvalue weighted by molar-refractivity contribution is -0.137. The molecule has 0 unspecified atom stereocenters. The van der Waals surface area contributed by atoms with Gasteiger partial charge < -0.3 is 25.3 Å². The second-order valence-electron chi connectivity index (χ2n) is 10.9. The van der Waals surface area contributed by atoms with E-state index in [2.05, 4.69) is 40.8 Å². The molecule has 4 heterocycles. The van der Waals surface area contributed by atoms with Crippen LogP contribution in [-0.4, -0.2) is 79.3 Å². The number of aryl methyl sites for hydroxylation is 2. The summed E-state index contributed by atoms with van der Waals surface area (Å²) in [6.45, 7) is 8.35. The molecule has 1 aliphatic rings. The van der Waals surface area contributed by atoms with Crippen molar-refractivity contribution >= 4 is 29.0 Å². The minimum absolute atomic E-state index is 0.00703. The van der Waals surface area contributed by atoms with E-state index in [1.165, 1.54) is 35.4 Å². The summed E-state index contributed by atoms with van der Waals surface area (Å²) >= 11 is 0. The quantitative estimate of drug-likeness (QED) is 0.187. The number of rotatable bonds is 10. The largest absolute Gasteiger partial charge is 0.418 e. The molecule has 244 valence electrons. The van der Waals surface area contributed by atoms with Crippen molar-refractivity contribution in [1.82, 2.24) is 34.0 Å². The van der Waals surface area contributed by atoms with Crippen LogP contribution in [0.15, 0.2) is 73.6 Å². The molecule has 6 rings (SSSR count). The Morgan fingerprint density at radius 3 is 2.49 bits per heavy atom. The number of carbonyl (C=O) groups excluding carboxylic acids is 1. The highest BCUT2D eigenvalue weighted by Crippen LogP contribution is 2.36. The summed E-state index contributed by atoms with van der Waals surface area (Å²) in [5.41, 5.74) is 0.686. The van der Waals surface area contributed by atoms with Crippen LogP contribution in [0, 0.1) is 13.8 Å². The molecule has 3 N–H and O–H groups in total. The van der Waals surface area contributed by atoms with E-state index in [4.69, 9.17) is 4.74 Å². The number of amides is 1. The van der Waals surface area contributed by atoms with Crippen LogP contribution in [0.4, 0.5) is 36.3 Å². The highest BCUT2D eigenvalue weighted by atomic mass is 19.4. The van der Waals surface area contributed by atoms with E-state index in [1.807, 2.05) is 13.0 Å². The van der Waals surface area contributed by atoms with Crippen LogP contribution in [0.1, 0.15) is 27.3 Å². The number of aromatic nitrogens is 6. The highest BCUT2D eigenvalue weighted by Gasteiger charge is 2.34. The van der Waals surface area contributed by atoms with Gasteiger partial charge in [0.2, 0.25) is 5.95 Å². The van der Waals surface area contributed by atoms with Crippen LogP contribution >= 0.6 is 0 Å². The Hall–Kier alpha value is -5.28. The third-order valence-electron chi connectivity index (χ3n) is 7.77. The van der Waals surface area contributed by atoms with Gasteiger partial charge in [0.15, 0.2) is 0 Å². The van der Waals surface area contributed by atoms with Gasteiger partial charge in [-0.2, -0.15) is 13.2 Å². The summed E-state index contributed by atoms with van der Waals surface area (Å²) in [6.07, 6.45) is 3.07. The third kappa shape index (κ3) is 7.42. The van der Waals surface area contributed by atoms with Crippen LogP contribution in [-0.2, 0) is 10.9 Å². The number of alkyl halides is 3. The lowest BCUT2D eigenvalue weighted by Crippen LogP contribution is -2.39. The molecule has 1 fully saturated rings. The molecule has 0 bridgehead atoms. The van der Waals surface area contributed by atoms with Gasteiger partial charge in [0, 0.05) is 74.0 Å². The summed E-state index contributed by atoms with van der Waals surface area (Å²) in [6, 6.07) is 10.5. The monoisotopic (exact) mass is 646 g/mol. The van der Waals surface area contributed by atoms with Crippen molar-refractivity contribution in [2.24, 2.45) is 0 Å². The third-order valence-corrected chi connectivity index (χ3v) is 7.77. The van der Waals surface area contributed by atoms with Crippen LogP contribution in [0.3, 0.4) is 0 Å². The van der Waals surface area contributed by atoms with Crippen molar-refractivity contribution in [1.29, 1.82) is 0 Å². The molecule has 2 aromatic carbocycles. The van der Waals surface area contributed by atoms with E-state index in [0.29, 0.717) is 35.6 Å². The van der Waals surface area contributed by atoms with Gasteiger partial charge in [0.25, 0.3) is 5.91 Å². The van der Waals surface area contributed by atoms with E-state index >= 15 is 0 Å². The Labute approximate surface area is 268 Å². The smallest absolute Gasteiger partial charge is 0.379 e. The van der Waals surface area contributed by atoms with Crippen LogP contribution in [0.25, 0.3) is 11.5 Å². The predicted molar refractivity (Wildman–Crippen MR) is 171 cm³/mol. The van der Waals surface area contributed by atoms with Crippen molar-refractivity contribution in [3.63, 3.8) is 0 Å². The molecule has 1 saturated heterocycles. The first kappa shape index (κ1) is 31.7. The molecule has 3 aromatic heterocycles. The average molecular weight is 647 g/mol. The number of nitrogens with one attached hydrogen (secondary N) is 3. The van der Waals surface area contributed by atoms with E-state index < -0.39 is 17.6 Å². The van der Waals surface area contributed by atoms with Gasteiger partial charge in [-0.25, -0.2) is 19.9 Å². The van der Waals surface area contributed by atoms with Crippen LogP contribution in [0.2, 0.25) is 0 Å². The number of morpholine rings is 1. The fourth-order valence-corrected chi connectivity index (χ4v) is 5.23. The fraction of sp³-hybridized carbons (Fsp3) is 0.281. The molecule has 1 aliphatic heterocycles. The molecule has 15 heteroatoms. The molecular formula is C32H33F3N10O2. The number of hydrogen-bond donors (Lipinski definition) is 3. The SMILES string of the molecule is Cc1ccc(C(=O)Nc2ccc(-n3ccnc3C)c(C(F)(F)F)c2)cc1Nc1nccn1-c1cc(NCCN2CCOCC2)ncn1. The first-order valence-electron chi connectivity index (χ1n) is 15.0. The van der Waals surface area contributed by atoms with Crippen LogP contribution in [0.5, 0.6) is 0 Å². The van der Waals surface area contributed by atoms with Crippen molar-refractivity contribution in [3.8, 4) is 11.5 Å². The van der Waals surface area contributed by atoms with E-state index in [1.54, 1.807) is 42.1 Å². The maximum atomic E-state index is 14.0. The lowest BCUT2D eigenvalue weighted by Gasteiger charge is -2.26. The van der Waals surface area contributed by atoms with E-state index in [9.17, 15) is 18.0 Å². The minimum Gasteiger partial charge on any atom is -0.379 e. The first-order chi connectivity index (χ1) is 22.7. The van der Waals surface area contributed by atoms with Gasteiger partial charge in [-0.15, -0.1) is 0 Å². The number of imidazole rings is 2. The number of anilines is 4. The molecule has 0 atom stereocenters. The van der Waals surface area contributed by atoms with Gasteiger partial charge in [-0.3, -0.25) is 14.3 Å². The van der Waals surface area contributed by atoms with Gasteiger partial charge in [-0.05, 0) is 49.7 Å². The molecular weight excluding hydrogens is 613 g/mol. The Kier molecular flexibility index (Phi) is 9.17. The fourth-order valence-electron chi connectivity index (χ4n) is 5.23. The molecule has 0 saturated carbocycles. The van der Waals surface area contributed by atoms with Crippen molar-refractivity contribution < 1.29 is 22.7 Å². The summed E-state index contributed by atoms with van der Waals surface area (Å²) in [7, 11) is 0. The topological polar surface area (TPSA) is 127 Å². The number of nitrogens with zero attached hydrogens (tertiary/aromatic N) is 7.